The van der Waals surface area contributed by atoms with E-state index in [0.29, 0.717) is 6.61 Å². The fraction of sp³-hybridized carbons (Fsp3) is 0.182. The number of carbonyl (C=O) groups is 1. The molecule has 0 N–H and O–H groups in total. The predicted molar refractivity (Wildman–Crippen MR) is 57.9 cm³/mol. The molecule has 0 radical (unpaired) electrons. The SMILES string of the molecule is COCc1ccc2sc(C=O)cc2c1. The number of thiophene rings is 1. The molecule has 0 fully saturated rings. The van der Waals surface area contributed by atoms with Gasteiger partial charge in [-0.3, -0.25) is 4.79 Å². The predicted octanol–water partition coefficient (Wildman–Crippen LogP) is 2.86. The zero-order valence-corrected chi connectivity index (χ0v) is 8.64. The quantitative estimate of drug-likeness (QED) is 0.722. The molecule has 0 aliphatic carbocycles. The highest BCUT2D eigenvalue weighted by Gasteiger charge is 2.01. The summed E-state index contributed by atoms with van der Waals surface area (Å²) in [6.45, 7) is 0.613. The fourth-order valence-electron chi connectivity index (χ4n) is 1.43. The molecule has 1 aromatic carbocycles. The molecule has 2 aromatic rings. The smallest absolute Gasteiger partial charge is 0.160 e. The van der Waals surface area contributed by atoms with Gasteiger partial charge in [0, 0.05) is 11.8 Å². The molecule has 0 bridgehead atoms. The van der Waals surface area contributed by atoms with E-state index in [1.807, 2.05) is 18.2 Å². The number of hydrogen-bond acceptors (Lipinski definition) is 3. The number of carbonyl (C=O) groups excluding carboxylic acids is 1. The zero-order valence-electron chi connectivity index (χ0n) is 7.82. The summed E-state index contributed by atoms with van der Waals surface area (Å²) >= 11 is 1.52. The molecule has 0 unspecified atom stereocenters. The van der Waals surface area contributed by atoms with Gasteiger partial charge in [-0.2, -0.15) is 0 Å². The number of ether oxygens (including phenoxy) is 1. The van der Waals surface area contributed by atoms with Gasteiger partial charge in [-0.1, -0.05) is 6.07 Å². The Hall–Kier alpha value is -1.19. The van der Waals surface area contributed by atoms with Gasteiger partial charge in [-0.15, -0.1) is 11.3 Å². The Morgan fingerprint density at radius 1 is 1.43 bits per heavy atom. The summed E-state index contributed by atoms with van der Waals surface area (Å²) in [5.74, 6) is 0. The number of benzene rings is 1. The van der Waals surface area contributed by atoms with Crippen LogP contribution in [0.1, 0.15) is 15.2 Å². The van der Waals surface area contributed by atoms with Gasteiger partial charge in [0.2, 0.25) is 0 Å². The first-order chi connectivity index (χ1) is 6.83. The van der Waals surface area contributed by atoms with E-state index >= 15 is 0 Å². The van der Waals surface area contributed by atoms with Crippen LogP contribution in [0, 0.1) is 0 Å². The lowest BCUT2D eigenvalue weighted by atomic mass is 10.2. The summed E-state index contributed by atoms with van der Waals surface area (Å²) in [5.41, 5.74) is 1.13. The van der Waals surface area contributed by atoms with Crippen molar-refractivity contribution in [3.8, 4) is 0 Å². The third-order valence-corrected chi connectivity index (χ3v) is 3.07. The van der Waals surface area contributed by atoms with Gasteiger partial charge in [-0.25, -0.2) is 0 Å². The Balaban J connectivity index is 2.48. The molecule has 0 saturated carbocycles. The van der Waals surface area contributed by atoms with E-state index in [0.717, 1.165) is 26.8 Å². The van der Waals surface area contributed by atoms with Crippen molar-refractivity contribution in [3.05, 3.63) is 34.7 Å². The molecule has 1 aromatic heterocycles. The second-order valence-electron chi connectivity index (χ2n) is 3.07. The first-order valence-corrected chi connectivity index (χ1v) is 5.11. The van der Waals surface area contributed by atoms with Crippen LogP contribution in [0.15, 0.2) is 24.3 Å². The third kappa shape index (κ3) is 1.69. The van der Waals surface area contributed by atoms with Crippen LogP contribution in [0.4, 0.5) is 0 Å². The first kappa shape index (κ1) is 9.37. The summed E-state index contributed by atoms with van der Waals surface area (Å²) in [6, 6.07) is 8.02. The Morgan fingerprint density at radius 2 is 2.29 bits per heavy atom. The molecule has 2 rings (SSSR count). The van der Waals surface area contributed by atoms with E-state index in [1.165, 1.54) is 11.3 Å². The molecule has 0 amide bonds. The second kappa shape index (κ2) is 3.90. The fourth-order valence-corrected chi connectivity index (χ4v) is 2.29. The van der Waals surface area contributed by atoms with Gasteiger partial charge in [0.25, 0.3) is 0 Å². The van der Waals surface area contributed by atoms with Crippen molar-refractivity contribution in [1.82, 2.24) is 0 Å². The van der Waals surface area contributed by atoms with Crippen molar-refractivity contribution in [2.24, 2.45) is 0 Å². The van der Waals surface area contributed by atoms with Gasteiger partial charge >= 0.3 is 0 Å². The Morgan fingerprint density at radius 3 is 3.00 bits per heavy atom. The van der Waals surface area contributed by atoms with Gasteiger partial charge < -0.3 is 4.74 Å². The van der Waals surface area contributed by atoms with Crippen molar-refractivity contribution in [3.63, 3.8) is 0 Å². The average molecular weight is 206 g/mol. The molecular formula is C11H10O2S. The van der Waals surface area contributed by atoms with Crippen molar-refractivity contribution in [1.29, 1.82) is 0 Å². The van der Waals surface area contributed by atoms with Crippen LogP contribution in [-0.4, -0.2) is 13.4 Å². The maximum atomic E-state index is 10.6. The molecule has 1 heterocycles. The summed E-state index contributed by atoms with van der Waals surface area (Å²) in [5, 5.41) is 1.12. The standard InChI is InChI=1S/C11H10O2S/c1-13-7-8-2-3-11-9(4-8)5-10(6-12)14-11/h2-6H,7H2,1H3. The minimum absolute atomic E-state index is 0.613. The van der Waals surface area contributed by atoms with Gasteiger partial charge in [0.1, 0.15) is 0 Å². The number of methoxy groups -OCH3 is 1. The number of aldehydes is 1. The average Bonchev–Trinajstić information content (AvgIpc) is 2.60. The maximum absolute atomic E-state index is 10.6. The maximum Gasteiger partial charge on any atom is 0.160 e. The first-order valence-electron chi connectivity index (χ1n) is 4.30. The number of rotatable bonds is 3. The van der Waals surface area contributed by atoms with E-state index < -0.39 is 0 Å². The van der Waals surface area contributed by atoms with Crippen LogP contribution in [0.5, 0.6) is 0 Å². The third-order valence-electron chi connectivity index (χ3n) is 2.03. The van der Waals surface area contributed by atoms with Crippen LogP contribution < -0.4 is 0 Å². The van der Waals surface area contributed by atoms with Crippen molar-refractivity contribution >= 4 is 27.7 Å². The Bertz CT molecular complexity index is 459. The zero-order chi connectivity index (χ0) is 9.97. The molecule has 14 heavy (non-hydrogen) atoms. The van der Waals surface area contributed by atoms with E-state index in [9.17, 15) is 4.79 Å². The summed E-state index contributed by atoms with van der Waals surface area (Å²) in [4.78, 5) is 11.3. The Kier molecular flexibility index (Phi) is 2.61. The molecule has 3 heteroatoms. The van der Waals surface area contributed by atoms with E-state index in [1.54, 1.807) is 7.11 Å². The van der Waals surface area contributed by atoms with Crippen LogP contribution in [0.25, 0.3) is 10.1 Å². The molecule has 0 spiro atoms. The van der Waals surface area contributed by atoms with Crippen LogP contribution in [-0.2, 0) is 11.3 Å². The molecular weight excluding hydrogens is 196 g/mol. The molecule has 0 aliphatic heterocycles. The lowest BCUT2D eigenvalue weighted by Crippen LogP contribution is -1.85. The molecule has 72 valence electrons. The highest BCUT2D eigenvalue weighted by atomic mass is 32.1. The summed E-state index contributed by atoms with van der Waals surface area (Å²) in [6.07, 6.45) is 0.890. The van der Waals surface area contributed by atoms with Gasteiger partial charge in [-0.05, 0) is 29.1 Å². The van der Waals surface area contributed by atoms with E-state index in [-0.39, 0.29) is 0 Å². The second-order valence-corrected chi connectivity index (χ2v) is 4.19. The molecule has 2 nitrogen and oxygen atoms in total. The van der Waals surface area contributed by atoms with Gasteiger partial charge in [0.15, 0.2) is 6.29 Å². The van der Waals surface area contributed by atoms with Crippen LogP contribution in [0.2, 0.25) is 0 Å². The van der Waals surface area contributed by atoms with Gasteiger partial charge in [0.05, 0.1) is 11.5 Å². The highest BCUT2D eigenvalue weighted by molar-refractivity contribution is 7.20. The number of fused-ring (bicyclic) bond motifs is 1. The molecule has 0 saturated heterocycles. The van der Waals surface area contributed by atoms with E-state index in [2.05, 4.69) is 6.07 Å². The van der Waals surface area contributed by atoms with Crippen molar-refractivity contribution < 1.29 is 9.53 Å². The minimum atomic E-state index is 0.613. The largest absolute Gasteiger partial charge is 0.380 e. The highest BCUT2D eigenvalue weighted by Crippen LogP contribution is 2.25. The van der Waals surface area contributed by atoms with Crippen LogP contribution >= 0.6 is 11.3 Å². The topological polar surface area (TPSA) is 26.3 Å². The van der Waals surface area contributed by atoms with Crippen molar-refractivity contribution in [2.75, 3.05) is 7.11 Å². The summed E-state index contributed by atoms with van der Waals surface area (Å²) < 4.78 is 6.19. The lowest BCUT2D eigenvalue weighted by Gasteiger charge is -1.98. The lowest BCUT2D eigenvalue weighted by molar-refractivity contribution is 0.112. The van der Waals surface area contributed by atoms with Crippen molar-refractivity contribution in [2.45, 2.75) is 6.61 Å². The Labute approximate surface area is 86.1 Å². The molecule has 0 atom stereocenters. The van der Waals surface area contributed by atoms with E-state index in [4.69, 9.17) is 4.74 Å². The minimum Gasteiger partial charge on any atom is -0.380 e. The summed E-state index contributed by atoms with van der Waals surface area (Å²) in [7, 11) is 1.68. The number of hydrogen-bond donors (Lipinski definition) is 0. The normalized spacial score (nSPS) is 10.6. The molecule has 0 aliphatic rings. The monoisotopic (exact) mass is 206 g/mol. The van der Waals surface area contributed by atoms with Crippen LogP contribution in [0.3, 0.4) is 0 Å².